The van der Waals surface area contributed by atoms with Crippen LogP contribution in [0.25, 0.3) is 6.08 Å². The molecule has 1 aromatic heterocycles. The fraction of sp³-hybridized carbons (Fsp3) is 0.300. The Morgan fingerprint density at radius 1 is 1.65 bits per heavy atom. The molecule has 0 unspecified atom stereocenters. The van der Waals surface area contributed by atoms with Crippen molar-refractivity contribution in [3.8, 4) is 0 Å². The smallest absolute Gasteiger partial charge is 0.238 e. The molecule has 0 aliphatic rings. The SMILES string of the molecule is CSC(=N)NS(=O)(=O)CC(C)=Cc1cccs1. The summed E-state index contributed by atoms with van der Waals surface area (Å²) in [6.45, 7) is 1.77. The highest BCUT2D eigenvalue weighted by Crippen LogP contribution is 2.14. The summed E-state index contributed by atoms with van der Waals surface area (Å²) in [5, 5.41) is 9.17. The van der Waals surface area contributed by atoms with E-state index in [1.165, 1.54) is 0 Å². The monoisotopic (exact) mass is 290 g/mol. The van der Waals surface area contributed by atoms with Gasteiger partial charge in [-0.2, -0.15) is 0 Å². The highest BCUT2D eigenvalue weighted by atomic mass is 32.2. The lowest BCUT2D eigenvalue weighted by Gasteiger charge is -2.06. The van der Waals surface area contributed by atoms with Gasteiger partial charge in [0.1, 0.15) is 0 Å². The van der Waals surface area contributed by atoms with Crippen LogP contribution in [0.1, 0.15) is 11.8 Å². The van der Waals surface area contributed by atoms with Gasteiger partial charge in [0.05, 0.1) is 5.75 Å². The molecule has 0 aliphatic heterocycles. The van der Waals surface area contributed by atoms with Gasteiger partial charge in [0, 0.05) is 4.88 Å². The fourth-order valence-corrected chi connectivity index (χ4v) is 3.67. The third-order valence-electron chi connectivity index (χ3n) is 1.80. The Labute approximate surface area is 110 Å². The van der Waals surface area contributed by atoms with E-state index in [0.29, 0.717) is 0 Å². The van der Waals surface area contributed by atoms with Gasteiger partial charge in [-0.3, -0.25) is 10.1 Å². The van der Waals surface area contributed by atoms with Crippen molar-refractivity contribution in [2.75, 3.05) is 12.0 Å². The predicted molar refractivity (Wildman–Crippen MR) is 76.1 cm³/mol. The van der Waals surface area contributed by atoms with Crippen LogP contribution in [0.4, 0.5) is 0 Å². The molecule has 0 saturated heterocycles. The zero-order valence-electron chi connectivity index (χ0n) is 9.56. The van der Waals surface area contributed by atoms with Crippen molar-refractivity contribution in [3.05, 3.63) is 28.0 Å². The van der Waals surface area contributed by atoms with Crippen molar-refractivity contribution in [1.29, 1.82) is 5.41 Å². The highest BCUT2D eigenvalue weighted by molar-refractivity contribution is 8.14. The van der Waals surface area contributed by atoms with Gasteiger partial charge in [-0.05, 0) is 30.7 Å². The first-order valence-corrected chi connectivity index (χ1v) is 8.52. The van der Waals surface area contributed by atoms with Crippen LogP contribution in [0.3, 0.4) is 0 Å². The van der Waals surface area contributed by atoms with Gasteiger partial charge >= 0.3 is 0 Å². The summed E-state index contributed by atoms with van der Waals surface area (Å²) in [6.07, 6.45) is 3.49. The van der Waals surface area contributed by atoms with Gasteiger partial charge < -0.3 is 0 Å². The van der Waals surface area contributed by atoms with Gasteiger partial charge in [0.2, 0.25) is 10.0 Å². The van der Waals surface area contributed by atoms with Gasteiger partial charge in [-0.1, -0.05) is 23.4 Å². The molecule has 1 heterocycles. The first-order chi connectivity index (χ1) is 7.93. The molecule has 0 bridgehead atoms. The van der Waals surface area contributed by atoms with E-state index >= 15 is 0 Å². The maximum atomic E-state index is 11.6. The molecular weight excluding hydrogens is 276 g/mol. The number of nitrogens with one attached hydrogen (secondary N) is 2. The number of thiophene rings is 1. The van der Waals surface area contributed by atoms with Crippen LogP contribution in [0.2, 0.25) is 0 Å². The average Bonchev–Trinajstić information content (AvgIpc) is 2.68. The van der Waals surface area contributed by atoms with E-state index in [1.807, 2.05) is 23.6 Å². The normalized spacial score (nSPS) is 12.5. The Hall–Kier alpha value is -0.790. The lowest BCUT2D eigenvalue weighted by atomic mass is 10.3. The molecule has 0 aliphatic carbocycles. The Morgan fingerprint density at radius 2 is 2.35 bits per heavy atom. The number of thioether (sulfide) groups is 1. The Balaban J connectivity index is 2.68. The van der Waals surface area contributed by atoms with Crippen LogP contribution in [0, 0.1) is 5.41 Å². The Kier molecular flexibility index (Phi) is 5.23. The molecule has 0 fully saturated rings. The second kappa shape index (κ2) is 6.23. The molecule has 94 valence electrons. The van der Waals surface area contributed by atoms with Crippen LogP contribution in [0.15, 0.2) is 23.1 Å². The van der Waals surface area contributed by atoms with E-state index in [9.17, 15) is 8.42 Å². The summed E-state index contributed by atoms with van der Waals surface area (Å²) in [6, 6.07) is 3.85. The quantitative estimate of drug-likeness (QED) is 0.660. The lowest BCUT2D eigenvalue weighted by Crippen LogP contribution is -2.30. The molecule has 7 heteroatoms. The highest BCUT2D eigenvalue weighted by Gasteiger charge is 2.12. The molecule has 17 heavy (non-hydrogen) atoms. The second-order valence-corrected chi connectivity index (χ2v) is 6.92. The molecule has 0 radical (unpaired) electrons. The van der Waals surface area contributed by atoms with Crippen LogP contribution < -0.4 is 4.72 Å². The summed E-state index contributed by atoms with van der Waals surface area (Å²) in [5.74, 6) is -0.0894. The van der Waals surface area contributed by atoms with Crippen LogP contribution in [-0.4, -0.2) is 25.6 Å². The van der Waals surface area contributed by atoms with Crippen molar-refractivity contribution in [3.63, 3.8) is 0 Å². The molecule has 0 atom stereocenters. The van der Waals surface area contributed by atoms with E-state index in [1.54, 1.807) is 24.5 Å². The number of sulfonamides is 1. The molecule has 0 spiro atoms. The minimum Gasteiger partial charge on any atom is -0.278 e. The minimum absolute atomic E-state index is 0.0612. The standard InChI is InChI=1S/C10H14N2O2S3/c1-8(6-9-4-3-5-16-9)7-17(13,14)12-10(11)15-2/h3-6H,7H2,1-2H3,(H2,11,12). The predicted octanol–water partition coefficient (Wildman–Crippen LogP) is 2.37. The average molecular weight is 290 g/mol. The van der Waals surface area contributed by atoms with E-state index < -0.39 is 10.0 Å². The molecule has 0 amide bonds. The van der Waals surface area contributed by atoms with E-state index in [0.717, 1.165) is 22.2 Å². The zero-order valence-corrected chi connectivity index (χ0v) is 12.0. The van der Waals surface area contributed by atoms with E-state index in [2.05, 4.69) is 4.72 Å². The van der Waals surface area contributed by atoms with Gasteiger partial charge in [0.15, 0.2) is 5.17 Å². The minimum atomic E-state index is -3.45. The maximum Gasteiger partial charge on any atom is 0.238 e. The van der Waals surface area contributed by atoms with Crippen molar-refractivity contribution < 1.29 is 8.42 Å². The molecule has 0 saturated carbocycles. The molecular formula is C10H14N2O2S3. The largest absolute Gasteiger partial charge is 0.278 e. The van der Waals surface area contributed by atoms with E-state index in [-0.39, 0.29) is 10.9 Å². The van der Waals surface area contributed by atoms with Crippen molar-refractivity contribution >= 4 is 44.4 Å². The fourth-order valence-electron chi connectivity index (χ4n) is 1.18. The van der Waals surface area contributed by atoms with Crippen LogP contribution >= 0.6 is 23.1 Å². The number of amidine groups is 1. The Bertz CT molecular complexity index is 504. The van der Waals surface area contributed by atoms with Crippen molar-refractivity contribution in [1.82, 2.24) is 4.72 Å². The number of rotatable bonds is 4. The van der Waals surface area contributed by atoms with Gasteiger partial charge in [0.25, 0.3) is 0 Å². The Morgan fingerprint density at radius 3 is 2.88 bits per heavy atom. The summed E-state index contributed by atoms with van der Waals surface area (Å²) in [5.41, 5.74) is 0.744. The molecule has 4 nitrogen and oxygen atoms in total. The third-order valence-corrected chi connectivity index (χ3v) is 4.61. The molecule has 1 aromatic rings. The van der Waals surface area contributed by atoms with Gasteiger partial charge in [-0.25, -0.2) is 8.42 Å². The van der Waals surface area contributed by atoms with E-state index in [4.69, 9.17) is 5.41 Å². The molecule has 1 rings (SSSR count). The topological polar surface area (TPSA) is 70.0 Å². The summed E-state index contributed by atoms with van der Waals surface area (Å²) in [4.78, 5) is 1.03. The number of hydrogen-bond donors (Lipinski definition) is 2. The van der Waals surface area contributed by atoms with Gasteiger partial charge in [-0.15, -0.1) is 11.3 Å². The summed E-state index contributed by atoms with van der Waals surface area (Å²) in [7, 11) is -3.45. The lowest BCUT2D eigenvalue weighted by molar-refractivity contribution is 0.595. The summed E-state index contributed by atoms with van der Waals surface area (Å²) >= 11 is 2.62. The van der Waals surface area contributed by atoms with Crippen LogP contribution in [0.5, 0.6) is 0 Å². The van der Waals surface area contributed by atoms with Crippen LogP contribution in [-0.2, 0) is 10.0 Å². The second-order valence-electron chi connectivity index (χ2n) is 3.40. The first-order valence-electron chi connectivity index (χ1n) is 4.76. The maximum absolute atomic E-state index is 11.6. The number of hydrogen-bond acceptors (Lipinski definition) is 5. The van der Waals surface area contributed by atoms with Crippen molar-refractivity contribution in [2.45, 2.75) is 6.92 Å². The van der Waals surface area contributed by atoms with Crippen molar-refractivity contribution in [2.24, 2.45) is 0 Å². The molecule has 2 N–H and O–H groups in total. The summed E-state index contributed by atoms with van der Waals surface area (Å²) < 4.78 is 25.5. The third kappa shape index (κ3) is 5.38. The zero-order chi connectivity index (χ0) is 12.9. The first kappa shape index (κ1) is 14.3. The molecule has 0 aromatic carbocycles.